The number of hydrogen-bond acceptors (Lipinski definition) is 3. The lowest BCUT2D eigenvalue weighted by Crippen LogP contribution is -2.23. The quantitative estimate of drug-likeness (QED) is 0.939. The molecule has 0 saturated heterocycles. The van der Waals surface area contributed by atoms with Gasteiger partial charge in [-0.15, -0.1) is 0 Å². The van der Waals surface area contributed by atoms with Gasteiger partial charge in [0.15, 0.2) is 0 Å². The third-order valence-corrected chi connectivity index (χ3v) is 3.60. The number of hydrogen-bond donors (Lipinski definition) is 1. The fraction of sp³-hybridized carbons (Fsp3) is 0.294. The maximum Gasteiger partial charge on any atom is 0.137 e. The SMILES string of the molecule is C[C@H](N)c1ccc(F)cc1OCC1Cc2ccccc2O1. The van der Waals surface area contributed by atoms with Crippen molar-refractivity contribution in [1.29, 1.82) is 0 Å². The van der Waals surface area contributed by atoms with Crippen LogP contribution in [0.1, 0.15) is 24.1 Å². The Morgan fingerprint density at radius 3 is 2.90 bits per heavy atom. The fourth-order valence-corrected chi connectivity index (χ4v) is 2.54. The van der Waals surface area contributed by atoms with Gasteiger partial charge in [0.25, 0.3) is 0 Å². The average molecular weight is 287 g/mol. The Labute approximate surface area is 123 Å². The Balaban J connectivity index is 1.68. The molecule has 0 fully saturated rings. The lowest BCUT2D eigenvalue weighted by Gasteiger charge is -2.17. The molecule has 1 aliphatic heterocycles. The van der Waals surface area contributed by atoms with Crippen molar-refractivity contribution < 1.29 is 13.9 Å². The third kappa shape index (κ3) is 3.00. The first kappa shape index (κ1) is 13.9. The first-order valence-corrected chi connectivity index (χ1v) is 7.06. The number of ether oxygens (including phenoxy) is 2. The van der Waals surface area contributed by atoms with Crippen LogP contribution in [0.4, 0.5) is 4.39 Å². The molecule has 4 heteroatoms. The van der Waals surface area contributed by atoms with Crippen LogP contribution in [-0.4, -0.2) is 12.7 Å². The van der Waals surface area contributed by atoms with Crippen LogP contribution in [0.5, 0.6) is 11.5 Å². The van der Waals surface area contributed by atoms with Gasteiger partial charge in [-0.3, -0.25) is 0 Å². The Hall–Kier alpha value is -2.07. The monoisotopic (exact) mass is 287 g/mol. The van der Waals surface area contributed by atoms with Crippen LogP contribution in [0.2, 0.25) is 0 Å². The normalized spacial score (nSPS) is 18.0. The van der Waals surface area contributed by atoms with E-state index in [-0.39, 0.29) is 18.0 Å². The highest BCUT2D eigenvalue weighted by atomic mass is 19.1. The van der Waals surface area contributed by atoms with E-state index in [0.717, 1.165) is 17.7 Å². The van der Waals surface area contributed by atoms with Crippen LogP contribution in [0.3, 0.4) is 0 Å². The largest absolute Gasteiger partial charge is 0.489 e. The van der Waals surface area contributed by atoms with Gasteiger partial charge in [0.1, 0.15) is 30.0 Å². The third-order valence-electron chi connectivity index (χ3n) is 3.60. The molecule has 3 rings (SSSR count). The molecule has 21 heavy (non-hydrogen) atoms. The summed E-state index contributed by atoms with van der Waals surface area (Å²) in [5, 5.41) is 0. The molecule has 0 aromatic heterocycles. The molecule has 2 N–H and O–H groups in total. The van der Waals surface area contributed by atoms with Crippen LogP contribution < -0.4 is 15.2 Å². The summed E-state index contributed by atoms with van der Waals surface area (Å²) in [6.07, 6.45) is 0.755. The molecule has 0 bridgehead atoms. The van der Waals surface area contributed by atoms with E-state index >= 15 is 0 Å². The van der Waals surface area contributed by atoms with Crippen molar-refractivity contribution in [3.63, 3.8) is 0 Å². The average Bonchev–Trinajstić information content (AvgIpc) is 2.87. The molecule has 2 atom stereocenters. The number of para-hydroxylation sites is 1. The molecule has 3 nitrogen and oxygen atoms in total. The summed E-state index contributed by atoms with van der Waals surface area (Å²) in [7, 11) is 0. The predicted molar refractivity (Wildman–Crippen MR) is 79.1 cm³/mol. The maximum atomic E-state index is 13.4. The van der Waals surface area contributed by atoms with Gasteiger partial charge >= 0.3 is 0 Å². The minimum Gasteiger partial charge on any atom is -0.489 e. The second-order valence-corrected chi connectivity index (χ2v) is 5.33. The molecule has 0 aliphatic carbocycles. The number of halogens is 1. The minimum absolute atomic E-state index is 0.0494. The highest BCUT2D eigenvalue weighted by Gasteiger charge is 2.23. The molecule has 0 spiro atoms. The lowest BCUT2D eigenvalue weighted by atomic mass is 10.1. The summed E-state index contributed by atoms with van der Waals surface area (Å²) >= 11 is 0. The van der Waals surface area contributed by atoms with Crippen molar-refractivity contribution in [2.45, 2.75) is 25.5 Å². The summed E-state index contributed by atoms with van der Waals surface area (Å²) in [6.45, 7) is 2.22. The van der Waals surface area contributed by atoms with Crippen molar-refractivity contribution in [3.8, 4) is 11.5 Å². The predicted octanol–water partition coefficient (Wildman–Crippen LogP) is 3.23. The maximum absolute atomic E-state index is 13.4. The summed E-state index contributed by atoms with van der Waals surface area (Å²) in [6, 6.07) is 12.2. The van der Waals surface area contributed by atoms with Gasteiger partial charge in [-0.2, -0.15) is 0 Å². The smallest absolute Gasteiger partial charge is 0.137 e. The Morgan fingerprint density at radius 1 is 1.33 bits per heavy atom. The minimum atomic E-state index is -0.329. The highest BCUT2D eigenvalue weighted by molar-refractivity contribution is 5.38. The standard InChI is InChI=1S/C17H18FNO2/c1-11(19)15-7-6-13(18)9-17(15)20-10-14-8-12-4-2-3-5-16(12)21-14/h2-7,9,11,14H,8,10,19H2,1H3/t11-,14?/m0/s1. The Bertz CT molecular complexity index is 617. The first-order valence-electron chi connectivity index (χ1n) is 7.06. The number of rotatable bonds is 4. The van der Waals surface area contributed by atoms with E-state index in [1.165, 1.54) is 17.7 Å². The molecule has 1 aliphatic rings. The Kier molecular flexibility index (Phi) is 3.80. The topological polar surface area (TPSA) is 44.5 Å². The van der Waals surface area contributed by atoms with Crippen molar-refractivity contribution >= 4 is 0 Å². The number of benzene rings is 2. The number of fused-ring (bicyclic) bond motifs is 1. The Morgan fingerprint density at radius 2 is 2.14 bits per heavy atom. The van der Waals surface area contributed by atoms with Crippen molar-refractivity contribution in [2.24, 2.45) is 5.73 Å². The molecule has 110 valence electrons. The van der Waals surface area contributed by atoms with Gasteiger partial charge in [0.2, 0.25) is 0 Å². The highest BCUT2D eigenvalue weighted by Crippen LogP contribution is 2.30. The van der Waals surface area contributed by atoms with Gasteiger partial charge < -0.3 is 15.2 Å². The van der Waals surface area contributed by atoms with Crippen LogP contribution in [0.15, 0.2) is 42.5 Å². The van der Waals surface area contributed by atoms with E-state index in [2.05, 4.69) is 0 Å². The van der Waals surface area contributed by atoms with Gasteiger partial charge in [0.05, 0.1) is 0 Å². The van der Waals surface area contributed by atoms with Gasteiger partial charge in [-0.05, 0) is 24.6 Å². The van der Waals surface area contributed by atoms with Crippen molar-refractivity contribution in [1.82, 2.24) is 0 Å². The van der Waals surface area contributed by atoms with E-state index in [1.54, 1.807) is 6.07 Å². The molecular weight excluding hydrogens is 269 g/mol. The van der Waals surface area contributed by atoms with Crippen molar-refractivity contribution in [3.05, 3.63) is 59.4 Å². The van der Waals surface area contributed by atoms with Gasteiger partial charge in [-0.25, -0.2) is 4.39 Å². The van der Waals surface area contributed by atoms with E-state index in [1.807, 2.05) is 31.2 Å². The molecule has 0 radical (unpaired) electrons. The van der Waals surface area contributed by atoms with Crippen molar-refractivity contribution in [2.75, 3.05) is 6.61 Å². The second-order valence-electron chi connectivity index (χ2n) is 5.33. The summed E-state index contributed by atoms with van der Waals surface area (Å²) < 4.78 is 24.9. The number of nitrogens with two attached hydrogens (primary N) is 1. The van der Waals surface area contributed by atoms with E-state index in [4.69, 9.17) is 15.2 Å². The fourth-order valence-electron chi connectivity index (χ4n) is 2.54. The van der Waals surface area contributed by atoms with Gasteiger partial charge in [-0.1, -0.05) is 24.3 Å². The van der Waals surface area contributed by atoms with Crippen LogP contribution >= 0.6 is 0 Å². The van der Waals surface area contributed by atoms with Crippen LogP contribution in [-0.2, 0) is 6.42 Å². The molecule has 1 heterocycles. The van der Waals surface area contributed by atoms with E-state index in [9.17, 15) is 4.39 Å². The molecule has 0 amide bonds. The summed E-state index contributed by atoms with van der Waals surface area (Å²) in [5.41, 5.74) is 7.86. The van der Waals surface area contributed by atoms with Crippen LogP contribution in [0.25, 0.3) is 0 Å². The second kappa shape index (κ2) is 5.74. The molecule has 0 saturated carbocycles. The lowest BCUT2D eigenvalue weighted by molar-refractivity contribution is 0.147. The molecular formula is C17H18FNO2. The zero-order valence-electron chi connectivity index (χ0n) is 11.9. The van der Waals surface area contributed by atoms with E-state index < -0.39 is 0 Å². The summed E-state index contributed by atoms with van der Waals surface area (Å²) in [4.78, 5) is 0. The molecule has 1 unspecified atom stereocenters. The van der Waals surface area contributed by atoms with Crippen LogP contribution in [0, 0.1) is 5.82 Å². The van der Waals surface area contributed by atoms with Gasteiger partial charge in [0, 0.05) is 24.1 Å². The zero-order chi connectivity index (χ0) is 14.8. The zero-order valence-corrected chi connectivity index (χ0v) is 11.9. The van der Waals surface area contributed by atoms with E-state index in [0.29, 0.717) is 12.4 Å². The molecule has 2 aromatic rings. The molecule has 2 aromatic carbocycles. The first-order chi connectivity index (χ1) is 10.1. The summed E-state index contributed by atoms with van der Waals surface area (Å²) in [5.74, 6) is 1.06.